The molecule has 1 aliphatic heterocycles. The third-order valence-electron chi connectivity index (χ3n) is 5.67. The number of aryl methyl sites for hydroxylation is 1. The molecule has 1 fully saturated rings. The van der Waals surface area contributed by atoms with Crippen molar-refractivity contribution < 1.29 is 14.5 Å². The highest BCUT2D eigenvalue weighted by Crippen LogP contribution is 2.22. The van der Waals surface area contributed by atoms with Gasteiger partial charge in [-0.3, -0.25) is 25.0 Å². The van der Waals surface area contributed by atoms with E-state index in [1.54, 1.807) is 6.92 Å². The third kappa shape index (κ3) is 5.81. The fourth-order valence-electron chi connectivity index (χ4n) is 3.82. The molecule has 0 saturated carbocycles. The molecule has 3 aromatic rings. The van der Waals surface area contributed by atoms with Crippen LogP contribution < -0.4 is 15.5 Å². The average molecular weight is 510 g/mol. The number of hydrogen-bond donors (Lipinski definition) is 2. The van der Waals surface area contributed by atoms with Gasteiger partial charge in [0.1, 0.15) is 0 Å². The van der Waals surface area contributed by atoms with E-state index in [2.05, 4.69) is 15.5 Å². The fourth-order valence-corrected chi connectivity index (χ4v) is 4.72. The summed E-state index contributed by atoms with van der Waals surface area (Å²) in [5.41, 5.74) is 2.39. The van der Waals surface area contributed by atoms with E-state index in [0.717, 1.165) is 23.7 Å². The molecule has 0 bridgehead atoms. The molecule has 0 atom stereocenters. The minimum atomic E-state index is -0.489. The molecule has 0 aliphatic carbocycles. The number of nitrogens with one attached hydrogen (secondary N) is 2. The van der Waals surface area contributed by atoms with E-state index in [0.29, 0.717) is 24.3 Å². The maximum atomic E-state index is 12.5. The number of amides is 2. The molecule has 4 rings (SSSR count). The summed E-state index contributed by atoms with van der Waals surface area (Å²) in [4.78, 5) is 40.3. The standard InChI is InChI=1S/C24H23N5O4S2/c1-16-15-17(4-9-20(16)29(32)33)22(30)26-24(34)25-18-5-7-19(8-6-18)27-10-12-28(13-11-27)23(31)21-3-2-14-35-21/h2-9,14-15H,10-13H2,1H3,(H2,25,26,30,34). The Balaban J connectivity index is 1.29. The number of thiophene rings is 1. The number of benzene rings is 2. The van der Waals surface area contributed by atoms with E-state index in [4.69, 9.17) is 12.2 Å². The monoisotopic (exact) mass is 509 g/mol. The number of anilines is 2. The normalized spacial score (nSPS) is 13.3. The Hall–Kier alpha value is -3.83. The van der Waals surface area contributed by atoms with Crippen LogP contribution in [0.4, 0.5) is 17.1 Å². The Morgan fingerprint density at radius 3 is 2.37 bits per heavy atom. The van der Waals surface area contributed by atoms with Crippen molar-refractivity contribution in [1.29, 1.82) is 0 Å². The molecule has 180 valence electrons. The molecule has 11 heteroatoms. The molecule has 2 amide bonds. The van der Waals surface area contributed by atoms with E-state index >= 15 is 0 Å². The van der Waals surface area contributed by atoms with Crippen LogP contribution in [0.5, 0.6) is 0 Å². The van der Waals surface area contributed by atoms with Gasteiger partial charge in [-0.1, -0.05) is 6.07 Å². The van der Waals surface area contributed by atoms with Gasteiger partial charge in [0.15, 0.2) is 5.11 Å². The molecule has 9 nitrogen and oxygen atoms in total. The van der Waals surface area contributed by atoms with E-state index in [9.17, 15) is 19.7 Å². The zero-order chi connectivity index (χ0) is 24.9. The van der Waals surface area contributed by atoms with Crippen molar-refractivity contribution in [2.24, 2.45) is 0 Å². The smallest absolute Gasteiger partial charge is 0.272 e. The van der Waals surface area contributed by atoms with Gasteiger partial charge in [0.25, 0.3) is 17.5 Å². The topological polar surface area (TPSA) is 108 Å². The number of carbonyl (C=O) groups is 2. The molecular weight excluding hydrogens is 486 g/mol. The fraction of sp³-hybridized carbons (Fsp3) is 0.208. The Kier molecular flexibility index (Phi) is 7.37. The highest BCUT2D eigenvalue weighted by Gasteiger charge is 2.23. The molecule has 1 saturated heterocycles. The summed E-state index contributed by atoms with van der Waals surface area (Å²) in [7, 11) is 0. The van der Waals surface area contributed by atoms with Crippen molar-refractivity contribution in [3.63, 3.8) is 0 Å². The predicted molar refractivity (Wildman–Crippen MR) is 140 cm³/mol. The second-order valence-corrected chi connectivity index (χ2v) is 9.33. The molecule has 2 aromatic carbocycles. The molecular formula is C24H23N5O4S2. The minimum absolute atomic E-state index is 0.0436. The lowest BCUT2D eigenvalue weighted by Gasteiger charge is -2.36. The van der Waals surface area contributed by atoms with Crippen LogP contribution in [0.25, 0.3) is 0 Å². The lowest BCUT2D eigenvalue weighted by Crippen LogP contribution is -2.48. The van der Waals surface area contributed by atoms with E-state index < -0.39 is 10.8 Å². The first-order valence-corrected chi connectivity index (χ1v) is 12.2. The van der Waals surface area contributed by atoms with Crippen molar-refractivity contribution in [2.45, 2.75) is 6.92 Å². The average Bonchev–Trinajstić information content (AvgIpc) is 3.39. The highest BCUT2D eigenvalue weighted by atomic mass is 32.1. The van der Waals surface area contributed by atoms with Gasteiger partial charge in [0, 0.05) is 54.7 Å². The highest BCUT2D eigenvalue weighted by molar-refractivity contribution is 7.80. The first-order chi connectivity index (χ1) is 16.8. The van der Waals surface area contributed by atoms with Crippen LogP contribution in [-0.4, -0.2) is 52.9 Å². The summed E-state index contributed by atoms with van der Waals surface area (Å²) in [6.45, 7) is 4.39. The number of nitro benzene ring substituents is 1. The first kappa shape index (κ1) is 24.3. The summed E-state index contributed by atoms with van der Waals surface area (Å²) >= 11 is 6.70. The van der Waals surface area contributed by atoms with Gasteiger partial charge in [0.2, 0.25) is 0 Å². The molecule has 2 heterocycles. The van der Waals surface area contributed by atoms with Gasteiger partial charge in [-0.15, -0.1) is 11.3 Å². The van der Waals surface area contributed by atoms with Crippen molar-refractivity contribution in [1.82, 2.24) is 10.2 Å². The van der Waals surface area contributed by atoms with Gasteiger partial charge >= 0.3 is 0 Å². The van der Waals surface area contributed by atoms with Gasteiger partial charge in [-0.2, -0.15) is 0 Å². The Bertz CT molecular complexity index is 1250. The lowest BCUT2D eigenvalue weighted by atomic mass is 10.1. The summed E-state index contributed by atoms with van der Waals surface area (Å²) in [6, 6.07) is 15.6. The predicted octanol–water partition coefficient (Wildman–Crippen LogP) is 4.05. The zero-order valence-corrected chi connectivity index (χ0v) is 20.5. The Morgan fingerprint density at radius 2 is 1.77 bits per heavy atom. The number of piperazine rings is 1. The van der Waals surface area contributed by atoms with Crippen molar-refractivity contribution in [3.05, 3.63) is 86.1 Å². The minimum Gasteiger partial charge on any atom is -0.368 e. The molecule has 0 radical (unpaired) electrons. The van der Waals surface area contributed by atoms with E-state index in [-0.39, 0.29) is 22.3 Å². The zero-order valence-electron chi connectivity index (χ0n) is 18.9. The largest absolute Gasteiger partial charge is 0.368 e. The number of hydrogen-bond acceptors (Lipinski definition) is 7. The van der Waals surface area contributed by atoms with Crippen molar-refractivity contribution in [2.75, 3.05) is 36.4 Å². The summed E-state index contributed by atoms with van der Waals surface area (Å²) < 4.78 is 0. The summed E-state index contributed by atoms with van der Waals surface area (Å²) in [6.07, 6.45) is 0. The van der Waals surface area contributed by atoms with Crippen LogP contribution in [0.3, 0.4) is 0 Å². The van der Waals surface area contributed by atoms with Crippen molar-refractivity contribution in [3.8, 4) is 0 Å². The molecule has 0 spiro atoms. The second kappa shape index (κ2) is 10.6. The number of nitro groups is 1. The molecule has 1 aliphatic rings. The van der Waals surface area contributed by atoms with E-state index in [1.165, 1.54) is 29.5 Å². The van der Waals surface area contributed by atoms with E-state index in [1.807, 2.05) is 46.7 Å². The van der Waals surface area contributed by atoms with Crippen LogP contribution in [-0.2, 0) is 0 Å². The van der Waals surface area contributed by atoms with Gasteiger partial charge in [-0.25, -0.2) is 0 Å². The van der Waals surface area contributed by atoms with Crippen LogP contribution in [0.15, 0.2) is 60.0 Å². The quantitative estimate of drug-likeness (QED) is 0.303. The van der Waals surface area contributed by atoms with Crippen LogP contribution in [0, 0.1) is 17.0 Å². The maximum Gasteiger partial charge on any atom is 0.272 e. The number of carbonyl (C=O) groups excluding carboxylic acids is 2. The molecule has 0 unspecified atom stereocenters. The molecule has 1 aromatic heterocycles. The van der Waals surface area contributed by atoms with Gasteiger partial charge in [-0.05, 0) is 67.0 Å². The number of rotatable bonds is 5. The van der Waals surface area contributed by atoms with Crippen LogP contribution >= 0.6 is 23.6 Å². The number of thiocarbonyl (C=S) groups is 1. The molecule has 35 heavy (non-hydrogen) atoms. The van der Waals surface area contributed by atoms with Gasteiger partial charge < -0.3 is 15.1 Å². The maximum absolute atomic E-state index is 12.5. The summed E-state index contributed by atoms with van der Waals surface area (Å²) in [5, 5.41) is 18.5. The molecule has 2 N–H and O–H groups in total. The second-order valence-electron chi connectivity index (χ2n) is 7.97. The van der Waals surface area contributed by atoms with Crippen LogP contribution in [0.2, 0.25) is 0 Å². The first-order valence-electron chi connectivity index (χ1n) is 10.9. The number of nitrogens with zero attached hydrogens (tertiary/aromatic N) is 3. The Morgan fingerprint density at radius 1 is 1.06 bits per heavy atom. The van der Waals surface area contributed by atoms with Crippen LogP contribution in [0.1, 0.15) is 25.6 Å². The third-order valence-corrected chi connectivity index (χ3v) is 6.73. The SMILES string of the molecule is Cc1cc(C(=O)NC(=S)Nc2ccc(N3CCN(C(=O)c4cccs4)CC3)cc2)ccc1[N+](=O)[O-]. The lowest BCUT2D eigenvalue weighted by molar-refractivity contribution is -0.385. The Labute approximate surface area is 211 Å². The van der Waals surface area contributed by atoms with Crippen molar-refractivity contribution >= 4 is 57.5 Å². The van der Waals surface area contributed by atoms with Gasteiger partial charge in [0.05, 0.1) is 9.80 Å². The summed E-state index contributed by atoms with van der Waals surface area (Å²) in [5.74, 6) is -0.370.